The van der Waals surface area contributed by atoms with Gasteiger partial charge in [-0.25, -0.2) is 0 Å². The van der Waals surface area contributed by atoms with Crippen LogP contribution in [0.25, 0.3) is 0 Å². The lowest BCUT2D eigenvalue weighted by atomic mass is 9.47. The summed E-state index contributed by atoms with van der Waals surface area (Å²) in [5, 5.41) is 0. The standard InChI is InChI=1S/C19H24O3/c1-18-7-5-11(20)9-15(18)16(21)10-12-13-3-4-17(22)19(13,2)8-6-14(12)18/h9,12-14H,3-8,10H2,1-2H3/t12-,13-,14-,18?,19?/m0/s1. The Bertz CT molecular complexity index is 616. The number of allylic oxidation sites excluding steroid dienone is 1. The molecule has 3 nitrogen and oxygen atoms in total. The van der Waals surface area contributed by atoms with E-state index in [1.165, 1.54) is 0 Å². The van der Waals surface area contributed by atoms with E-state index in [4.69, 9.17) is 0 Å². The predicted octanol–water partition coefficient (Wildman–Crippen LogP) is 3.27. The molecule has 0 aromatic carbocycles. The molecule has 0 saturated heterocycles. The fourth-order valence-electron chi connectivity index (χ4n) is 6.16. The van der Waals surface area contributed by atoms with Crippen molar-refractivity contribution in [1.29, 1.82) is 0 Å². The minimum absolute atomic E-state index is 0.107. The van der Waals surface area contributed by atoms with Crippen molar-refractivity contribution in [3.05, 3.63) is 11.6 Å². The lowest BCUT2D eigenvalue weighted by molar-refractivity contribution is -0.138. The number of ketones is 3. The third-order valence-electron chi connectivity index (χ3n) is 7.50. The first kappa shape index (κ1) is 14.3. The van der Waals surface area contributed by atoms with Gasteiger partial charge in [0.15, 0.2) is 11.6 Å². The molecule has 0 bridgehead atoms. The number of hydrogen-bond donors (Lipinski definition) is 0. The Morgan fingerprint density at radius 3 is 2.45 bits per heavy atom. The molecule has 0 N–H and O–H groups in total. The van der Waals surface area contributed by atoms with Gasteiger partial charge in [-0.3, -0.25) is 14.4 Å². The van der Waals surface area contributed by atoms with Crippen LogP contribution >= 0.6 is 0 Å². The monoisotopic (exact) mass is 300 g/mol. The highest BCUT2D eigenvalue weighted by molar-refractivity contribution is 6.06. The van der Waals surface area contributed by atoms with Crippen LogP contribution in [0.2, 0.25) is 0 Å². The maximum atomic E-state index is 12.7. The number of rotatable bonds is 0. The summed E-state index contributed by atoms with van der Waals surface area (Å²) in [6, 6.07) is 0. The van der Waals surface area contributed by atoms with E-state index in [-0.39, 0.29) is 22.4 Å². The van der Waals surface area contributed by atoms with E-state index in [2.05, 4.69) is 13.8 Å². The maximum Gasteiger partial charge on any atom is 0.159 e. The van der Waals surface area contributed by atoms with Crippen molar-refractivity contribution in [2.24, 2.45) is 28.6 Å². The number of carbonyl (C=O) groups excluding carboxylic acids is 3. The zero-order valence-electron chi connectivity index (χ0n) is 13.5. The van der Waals surface area contributed by atoms with E-state index in [0.29, 0.717) is 42.8 Å². The van der Waals surface area contributed by atoms with Crippen molar-refractivity contribution in [3.63, 3.8) is 0 Å². The number of fused-ring (bicyclic) bond motifs is 5. The highest BCUT2D eigenvalue weighted by Crippen LogP contribution is 2.63. The molecule has 0 aromatic rings. The molecule has 22 heavy (non-hydrogen) atoms. The fraction of sp³-hybridized carbons (Fsp3) is 0.737. The van der Waals surface area contributed by atoms with Gasteiger partial charge >= 0.3 is 0 Å². The van der Waals surface area contributed by atoms with Crippen molar-refractivity contribution >= 4 is 17.3 Å². The largest absolute Gasteiger partial charge is 0.299 e. The van der Waals surface area contributed by atoms with E-state index >= 15 is 0 Å². The van der Waals surface area contributed by atoms with Gasteiger partial charge in [-0.1, -0.05) is 13.8 Å². The van der Waals surface area contributed by atoms with Crippen LogP contribution in [0, 0.1) is 28.6 Å². The molecule has 5 atom stereocenters. The predicted molar refractivity (Wildman–Crippen MR) is 82.1 cm³/mol. The number of Topliss-reactive ketones (excluding diaryl/α,β-unsaturated/α-hetero) is 2. The molecule has 0 heterocycles. The first-order valence-electron chi connectivity index (χ1n) is 8.68. The average Bonchev–Trinajstić information content (AvgIpc) is 2.77. The summed E-state index contributed by atoms with van der Waals surface area (Å²) in [6.45, 7) is 4.32. The third-order valence-corrected chi connectivity index (χ3v) is 7.50. The van der Waals surface area contributed by atoms with Crippen molar-refractivity contribution < 1.29 is 14.4 Å². The summed E-state index contributed by atoms with van der Waals surface area (Å²) in [4.78, 5) is 36.8. The van der Waals surface area contributed by atoms with Gasteiger partial charge in [0, 0.05) is 30.3 Å². The fourth-order valence-corrected chi connectivity index (χ4v) is 6.16. The molecule has 0 spiro atoms. The number of hydrogen-bond acceptors (Lipinski definition) is 3. The lowest BCUT2D eigenvalue weighted by Gasteiger charge is -2.56. The molecule has 4 aliphatic rings. The molecular formula is C19H24O3. The zero-order valence-corrected chi connectivity index (χ0v) is 13.5. The van der Waals surface area contributed by atoms with Gasteiger partial charge in [-0.2, -0.15) is 0 Å². The van der Waals surface area contributed by atoms with Crippen LogP contribution in [-0.2, 0) is 14.4 Å². The third kappa shape index (κ3) is 1.65. The van der Waals surface area contributed by atoms with Crippen LogP contribution < -0.4 is 0 Å². The van der Waals surface area contributed by atoms with Gasteiger partial charge in [0.05, 0.1) is 0 Å². The number of carbonyl (C=O) groups is 3. The summed E-state index contributed by atoms with van der Waals surface area (Å²) in [6.07, 6.45) is 7.19. The lowest BCUT2D eigenvalue weighted by Crippen LogP contribution is -2.53. The Hall–Kier alpha value is -1.25. The average molecular weight is 300 g/mol. The molecule has 4 aliphatic carbocycles. The van der Waals surface area contributed by atoms with Crippen LogP contribution in [0.15, 0.2) is 11.6 Å². The summed E-state index contributed by atoms with van der Waals surface area (Å²) >= 11 is 0. The van der Waals surface area contributed by atoms with Crippen LogP contribution in [0.4, 0.5) is 0 Å². The Balaban J connectivity index is 1.76. The van der Waals surface area contributed by atoms with Gasteiger partial charge in [0.1, 0.15) is 5.78 Å². The summed E-state index contributed by atoms with van der Waals surface area (Å²) in [7, 11) is 0. The summed E-state index contributed by atoms with van der Waals surface area (Å²) < 4.78 is 0. The molecule has 0 aliphatic heterocycles. The van der Waals surface area contributed by atoms with Crippen LogP contribution in [0.5, 0.6) is 0 Å². The smallest absolute Gasteiger partial charge is 0.159 e. The molecule has 118 valence electrons. The first-order chi connectivity index (χ1) is 10.4. The topological polar surface area (TPSA) is 51.2 Å². The Morgan fingerprint density at radius 2 is 1.68 bits per heavy atom. The second-order valence-corrected chi connectivity index (χ2v) is 8.36. The quantitative estimate of drug-likeness (QED) is 0.690. The van der Waals surface area contributed by atoms with E-state index in [9.17, 15) is 14.4 Å². The van der Waals surface area contributed by atoms with Gasteiger partial charge in [-0.05, 0) is 54.9 Å². The van der Waals surface area contributed by atoms with Crippen molar-refractivity contribution in [3.8, 4) is 0 Å². The molecule has 0 amide bonds. The zero-order chi connectivity index (χ0) is 15.7. The van der Waals surface area contributed by atoms with Gasteiger partial charge in [0.2, 0.25) is 0 Å². The van der Waals surface area contributed by atoms with Crippen LogP contribution in [0.1, 0.15) is 58.8 Å². The van der Waals surface area contributed by atoms with Crippen LogP contribution in [0.3, 0.4) is 0 Å². The van der Waals surface area contributed by atoms with Crippen molar-refractivity contribution in [1.82, 2.24) is 0 Å². The second kappa shape index (κ2) is 4.39. The Kier molecular flexibility index (Phi) is 2.87. The molecular weight excluding hydrogens is 276 g/mol. The maximum absolute atomic E-state index is 12.7. The minimum Gasteiger partial charge on any atom is -0.299 e. The van der Waals surface area contributed by atoms with Gasteiger partial charge in [-0.15, -0.1) is 0 Å². The van der Waals surface area contributed by atoms with Gasteiger partial charge < -0.3 is 0 Å². The Morgan fingerprint density at radius 1 is 0.955 bits per heavy atom. The molecule has 0 radical (unpaired) electrons. The van der Waals surface area contributed by atoms with Crippen molar-refractivity contribution in [2.45, 2.75) is 58.8 Å². The first-order valence-corrected chi connectivity index (χ1v) is 8.68. The van der Waals surface area contributed by atoms with Crippen molar-refractivity contribution in [2.75, 3.05) is 0 Å². The van der Waals surface area contributed by atoms with E-state index < -0.39 is 0 Å². The molecule has 0 aromatic heterocycles. The van der Waals surface area contributed by atoms with E-state index in [1.54, 1.807) is 6.08 Å². The van der Waals surface area contributed by atoms with Gasteiger partial charge in [0.25, 0.3) is 0 Å². The van der Waals surface area contributed by atoms with Crippen LogP contribution in [-0.4, -0.2) is 17.3 Å². The molecule has 3 heteroatoms. The van der Waals surface area contributed by atoms with E-state index in [0.717, 1.165) is 31.3 Å². The van der Waals surface area contributed by atoms with E-state index in [1.807, 2.05) is 0 Å². The molecule has 3 fully saturated rings. The minimum atomic E-state index is -0.191. The highest BCUT2D eigenvalue weighted by atomic mass is 16.1. The molecule has 4 rings (SSSR count). The normalized spacial score (nSPS) is 47.6. The Labute approximate surface area is 131 Å². The molecule has 2 unspecified atom stereocenters. The second-order valence-electron chi connectivity index (χ2n) is 8.36. The summed E-state index contributed by atoms with van der Waals surface area (Å²) in [5.41, 5.74) is 0.461. The summed E-state index contributed by atoms with van der Waals surface area (Å²) in [5.74, 6) is 1.87. The molecule has 3 saturated carbocycles. The highest BCUT2D eigenvalue weighted by Gasteiger charge is 2.60. The SMILES string of the molecule is CC12CC[C@H]3[C@@H](CC(=O)C4=CC(=O)CCC43C)[C@@H]1CCC2=O.